The van der Waals surface area contributed by atoms with Crippen LogP contribution in [0.5, 0.6) is 0 Å². The van der Waals surface area contributed by atoms with Gasteiger partial charge in [0.15, 0.2) is 6.29 Å². The lowest BCUT2D eigenvalue weighted by Crippen LogP contribution is -2.26. The van der Waals surface area contributed by atoms with Crippen molar-refractivity contribution < 1.29 is 14.7 Å². The minimum Gasteiger partial charge on any atom is -0.478 e. The second kappa shape index (κ2) is 4.50. The fourth-order valence-corrected chi connectivity index (χ4v) is 3.90. The fraction of sp³-hybridized carbons (Fsp3) is 0.571. The van der Waals surface area contributed by atoms with Crippen LogP contribution >= 0.6 is 11.3 Å². The van der Waals surface area contributed by atoms with E-state index in [9.17, 15) is 14.7 Å². The Bertz CT molecular complexity index is 494. The number of carbonyl (C=O) groups excluding carboxylic acids is 1. The number of carbonyl (C=O) groups is 2. The van der Waals surface area contributed by atoms with Gasteiger partial charge in [0, 0.05) is 4.88 Å². The first kappa shape index (κ1) is 13.3. The van der Waals surface area contributed by atoms with Crippen LogP contribution in [0, 0.1) is 11.3 Å². The number of aromatic carboxylic acids is 1. The predicted octanol–water partition coefficient (Wildman–Crippen LogP) is 3.41. The Kier molecular flexibility index (Phi) is 3.32. The zero-order chi connectivity index (χ0) is 13.5. The quantitative estimate of drug-likeness (QED) is 0.835. The molecule has 0 radical (unpaired) electrons. The van der Waals surface area contributed by atoms with Crippen molar-refractivity contribution in [1.82, 2.24) is 0 Å². The number of aldehydes is 1. The molecule has 1 atom stereocenters. The minimum absolute atomic E-state index is 0.229. The van der Waals surface area contributed by atoms with E-state index < -0.39 is 5.97 Å². The molecule has 1 aliphatic rings. The van der Waals surface area contributed by atoms with Crippen molar-refractivity contribution in [2.45, 2.75) is 40.0 Å². The Morgan fingerprint density at radius 3 is 2.61 bits per heavy atom. The van der Waals surface area contributed by atoms with Gasteiger partial charge in [0.05, 0.1) is 10.4 Å². The highest BCUT2D eigenvalue weighted by Gasteiger charge is 2.33. The molecule has 1 aromatic rings. The number of hydrogen-bond acceptors (Lipinski definition) is 3. The lowest BCUT2D eigenvalue weighted by atomic mass is 9.72. The molecule has 0 saturated heterocycles. The lowest BCUT2D eigenvalue weighted by Gasteiger charge is -2.33. The van der Waals surface area contributed by atoms with Crippen molar-refractivity contribution >= 4 is 23.6 Å². The molecule has 1 N–H and O–H groups in total. The summed E-state index contributed by atoms with van der Waals surface area (Å²) in [5.74, 6) is -0.409. The molecule has 1 aliphatic carbocycles. The van der Waals surface area contributed by atoms with Crippen LogP contribution in [0.4, 0.5) is 0 Å². The van der Waals surface area contributed by atoms with E-state index in [2.05, 4.69) is 20.8 Å². The predicted molar refractivity (Wildman–Crippen MR) is 71.6 cm³/mol. The summed E-state index contributed by atoms with van der Waals surface area (Å²) < 4.78 is 0. The van der Waals surface area contributed by atoms with Gasteiger partial charge in [-0.25, -0.2) is 4.79 Å². The molecule has 3 nitrogen and oxygen atoms in total. The highest BCUT2D eigenvalue weighted by atomic mass is 32.1. The molecule has 18 heavy (non-hydrogen) atoms. The maximum atomic E-state index is 11.2. The van der Waals surface area contributed by atoms with Gasteiger partial charge in [0.25, 0.3) is 0 Å². The third kappa shape index (κ3) is 2.21. The average molecular weight is 266 g/mol. The molecule has 4 heteroatoms. The number of fused-ring (bicyclic) bond motifs is 1. The van der Waals surface area contributed by atoms with Crippen LogP contribution in [0.2, 0.25) is 0 Å². The molecule has 0 amide bonds. The first-order valence-corrected chi connectivity index (χ1v) is 6.99. The highest BCUT2D eigenvalue weighted by molar-refractivity contribution is 7.14. The molecule has 0 saturated carbocycles. The molecular weight excluding hydrogens is 248 g/mol. The van der Waals surface area contributed by atoms with Gasteiger partial charge in [-0.1, -0.05) is 20.8 Å². The molecular formula is C14H18O3S. The van der Waals surface area contributed by atoms with Gasteiger partial charge in [-0.15, -0.1) is 11.3 Å². The third-order valence-corrected chi connectivity index (χ3v) is 5.02. The van der Waals surface area contributed by atoms with E-state index in [1.807, 2.05) is 0 Å². The van der Waals surface area contributed by atoms with Crippen LogP contribution in [0.3, 0.4) is 0 Å². The van der Waals surface area contributed by atoms with E-state index in [0.717, 1.165) is 29.7 Å². The zero-order valence-corrected chi connectivity index (χ0v) is 11.8. The van der Waals surface area contributed by atoms with Crippen molar-refractivity contribution in [3.05, 3.63) is 20.9 Å². The first-order valence-electron chi connectivity index (χ1n) is 6.17. The zero-order valence-electron chi connectivity index (χ0n) is 10.9. The molecule has 0 bridgehead atoms. The standard InChI is InChI=1S/C14H18O3S/c1-14(2,3)8-4-5-9-10(6-8)18-11(7-15)12(9)13(16)17/h7-8H,4-6H2,1-3H3,(H,16,17). The number of thiophene rings is 1. The van der Waals surface area contributed by atoms with E-state index in [1.165, 1.54) is 11.3 Å². The minimum atomic E-state index is -0.969. The van der Waals surface area contributed by atoms with Crippen LogP contribution in [0.1, 0.15) is 57.7 Å². The second-order valence-electron chi connectivity index (χ2n) is 5.97. The van der Waals surface area contributed by atoms with Crippen molar-refractivity contribution in [2.24, 2.45) is 11.3 Å². The summed E-state index contributed by atoms with van der Waals surface area (Å²) in [7, 11) is 0. The topological polar surface area (TPSA) is 54.4 Å². The van der Waals surface area contributed by atoms with Crippen LogP contribution in [0.25, 0.3) is 0 Å². The monoisotopic (exact) mass is 266 g/mol. The van der Waals surface area contributed by atoms with Gasteiger partial charge < -0.3 is 5.11 Å². The molecule has 1 unspecified atom stereocenters. The summed E-state index contributed by atoms with van der Waals surface area (Å²) in [6.07, 6.45) is 3.37. The maximum Gasteiger partial charge on any atom is 0.337 e. The van der Waals surface area contributed by atoms with E-state index in [4.69, 9.17) is 0 Å². The van der Waals surface area contributed by atoms with E-state index in [1.54, 1.807) is 0 Å². The molecule has 2 rings (SSSR count). The fourth-order valence-electron chi connectivity index (χ4n) is 2.66. The molecule has 0 aliphatic heterocycles. The van der Waals surface area contributed by atoms with Crippen molar-refractivity contribution in [3.8, 4) is 0 Å². The van der Waals surface area contributed by atoms with Gasteiger partial charge in [-0.3, -0.25) is 4.79 Å². The van der Waals surface area contributed by atoms with E-state index in [0.29, 0.717) is 17.1 Å². The maximum absolute atomic E-state index is 11.2. The largest absolute Gasteiger partial charge is 0.478 e. The Morgan fingerprint density at radius 2 is 2.11 bits per heavy atom. The van der Waals surface area contributed by atoms with Crippen molar-refractivity contribution in [1.29, 1.82) is 0 Å². The number of rotatable bonds is 2. The Morgan fingerprint density at radius 1 is 1.44 bits per heavy atom. The van der Waals surface area contributed by atoms with Gasteiger partial charge in [-0.2, -0.15) is 0 Å². The molecule has 1 heterocycles. The Labute approximate surface area is 111 Å². The summed E-state index contributed by atoms with van der Waals surface area (Å²) in [5, 5.41) is 9.22. The van der Waals surface area contributed by atoms with Gasteiger partial charge >= 0.3 is 5.97 Å². The molecule has 98 valence electrons. The summed E-state index contributed by atoms with van der Waals surface area (Å²) in [6.45, 7) is 6.65. The van der Waals surface area contributed by atoms with Crippen LogP contribution in [-0.4, -0.2) is 17.4 Å². The molecule has 0 fully saturated rings. The normalized spacial score (nSPS) is 19.4. The van der Waals surface area contributed by atoms with Crippen molar-refractivity contribution in [3.63, 3.8) is 0 Å². The van der Waals surface area contributed by atoms with E-state index >= 15 is 0 Å². The summed E-state index contributed by atoms with van der Waals surface area (Å²) in [6, 6.07) is 0. The smallest absolute Gasteiger partial charge is 0.337 e. The summed E-state index contributed by atoms with van der Waals surface area (Å²) >= 11 is 1.36. The van der Waals surface area contributed by atoms with Crippen LogP contribution in [-0.2, 0) is 12.8 Å². The third-order valence-electron chi connectivity index (χ3n) is 3.84. The lowest BCUT2D eigenvalue weighted by molar-refractivity contribution is 0.0693. The Hall–Kier alpha value is -1.16. The van der Waals surface area contributed by atoms with E-state index in [-0.39, 0.29) is 11.0 Å². The number of hydrogen-bond donors (Lipinski definition) is 1. The highest BCUT2D eigenvalue weighted by Crippen LogP contribution is 2.41. The summed E-state index contributed by atoms with van der Waals surface area (Å²) in [5.41, 5.74) is 1.37. The number of carboxylic acids is 1. The SMILES string of the molecule is CC(C)(C)C1CCc2c(sc(C=O)c2C(=O)O)C1. The average Bonchev–Trinajstić information content (AvgIpc) is 2.64. The van der Waals surface area contributed by atoms with Gasteiger partial charge in [0.1, 0.15) is 0 Å². The first-order chi connectivity index (χ1) is 8.34. The van der Waals surface area contributed by atoms with Crippen LogP contribution in [0.15, 0.2) is 0 Å². The number of carboxylic acid groups (broad SMARTS) is 1. The second-order valence-corrected chi connectivity index (χ2v) is 7.11. The van der Waals surface area contributed by atoms with Gasteiger partial charge in [0.2, 0.25) is 0 Å². The molecule has 0 spiro atoms. The van der Waals surface area contributed by atoms with Gasteiger partial charge in [-0.05, 0) is 36.2 Å². The summed E-state index contributed by atoms with van der Waals surface area (Å²) in [4.78, 5) is 23.7. The Balaban J connectivity index is 2.41. The van der Waals surface area contributed by atoms with Crippen molar-refractivity contribution in [2.75, 3.05) is 0 Å². The molecule has 1 aromatic heterocycles. The van der Waals surface area contributed by atoms with Crippen LogP contribution < -0.4 is 0 Å². The molecule has 0 aromatic carbocycles.